The van der Waals surface area contributed by atoms with Gasteiger partial charge in [0.1, 0.15) is 9.34 Å². The number of carbonyl (C=O) groups excluding carboxylic acids is 1. The molecule has 1 aromatic rings. The molecule has 0 saturated carbocycles. The monoisotopic (exact) mass is 248 g/mol. The van der Waals surface area contributed by atoms with Crippen LogP contribution >= 0.6 is 22.9 Å². The Balaban J connectivity index is 3.02. The molecule has 1 heterocycles. The van der Waals surface area contributed by atoms with Crippen LogP contribution < -0.4 is 0 Å². The first-order valence-electron chi connectivity index (χ1n) is 4.15. The Kier molecular flexibility index (Phi) is 4.05. The van der Waals surface area contributed by atoms with E-state index in [1.165, 1.54) is 6.20 Å². The van der Waals surface area contributed by atoms with Crippen molar-refractivity contribution < 1.29 is 14.7 Å². The fourth-order valence-electron chi connectivity index (χ4n) is 1.10. The second-order valence-corrected chi connectivity index (χ2v) is 4.37. The number of likely N-dealkylation sites (N-methyl/N-ethyl adjacent to an activating group) is 1. The van der Waals surface area contributed by atoms with Crippen molar-refractivity contribution in [3.63, 3.8) is 0 Å². The van der Waals surface area contributed by atoms with Crippen molar-refractivity contribution in [1.82, 2.24) is 9.88 Å². The zero-order valence-corrected chi connectivity index (χ0v) is 9.46. The number of carboxylic acid groups (broad SMARTS) is 1. The molecule has 1 rings (SSSR count). The number of amides is 1. The number of hydrogen-bond acceptors (Lipinski definition) is 4. The minimum absolute atomic E-state index is 0.303. The molecule has 0 aliphatic rings. The molecule has 1 atom stereocenters. The summed E-state index contributed by atoms with van der Waals surface area (Å²) in [6.45, 7) is 2.00. The van der Waals surface area contributed by atoms with E-state index in [0.717, 1.165) is 16.2 Å². The average molecular weight is 249 g/mol. The standard InChI is InChI=1S/C8H9ClN2O3S/c1-2-11(4-12)6(8(13)14)7-10-3-5(9)15-7/h3-4,6H,2H2,1H3,(H,13,14). The Bertz CT molecular complexity index is 369. The molecule has 1 unspecified atom stereocenters. The fourth-order valence-corrected chi connectivity index (χ4v) is 2.15. The number of carbonyl (C=O) groups is 2. The third-order valence-electron chi connectivity index (χ3n) is 1.80. The van der Waals surface area contributed by atoms with Crippen LogP contribution in [0.25, 0.3) is 0 Å². The summed E-state index contributed by atoms with van der Waals surface area (Å²) < 4.78 is 0.401. The Morgan fingerprint density at radius 2 is 2.53 bits per heavy atom. The summed E-state index contributed by atoms with van der Waals surface area (Å²) in [6, 6.07) is -1.05. The topological polar surface area (TPSA) is 70.5 Å². The van der Waals surface area contributed by atoms with Crippen LogP contribution in [0.15, 0.2) is 6.20 Å². The van der Waals surface area contributed by atoms with Crippen LogP contribution in [0.3, 0.4) is 0 Å². The number of thiazole rings is 1. The third-order valence-corrected chi connectivity index (χ3v) is 2.96. The van der Waals surface area contributed by atoms with Crippen molar-refractivity contribution in [1.29, 1.82) is 0 Å². The van der Waals surface area contributed by atoms with Crippen molar-refractivity contribution in [2.75, 3.05) is 6.54 Å². The van der Waals surface area contributed by atoms with Gasteiger partial charge in [0.25, 0.3) is 0 Å². The fraction of sp³-hybridized carbons (Fsp3) is 0.375. The van der Waals surface area contributed by atoms with E-state index in [1.54, 1.807) is 6.92 Å². The van der Waals surface area contributed by atoms with Gasteiger partial charge < -0.3 is 10.0 Å². The number of hydrogen-bond donors (Lipinski definition) is 1. The van der Waals surface area contributed by atoms with E-state index in [0.29, 0.717) is 22.3 Å². The maximum atomic E-state index is 11.0. The van der Waals surface area contributed by atoms with Gasteiger partial charge in [-0.3, -0.25) is 4.79 Å². The van der Waals surface area contributed by atoms with Crippen LogP contribution in [0, 0.1) is 0 Å². The van der Waals surface area contributed by atoms with Crippen LogP contribution in [-0.2, 0) is 9.59 Å². The summed E-state index contributed by atoms with van der Waals surface area (Å²) >= 11 is 6.71. The van der Waals surface area contributed by atoms with Gasteiger partial charge in [-0.2, -0.15) is 0 Å². The lowest BCUT2D eigenvalue weighted by molar-refractivity contribution is -0.146. The van der Waals surface area contributed by atoms with E-state index in [4.69, 9.17) is 16.7 Å². The van der Waals surface area contributed by atoms with Gasteiger partial charge in [0.2, 0.25) is 6.41 Å². The molecule has 7 heteroatoms. The second-order valence-electron chi connectivity index (χ2n) is 2.68. The third kappa shape index (κ3) is 2.66. The summed E-state index contributed by atoms with van der Waals surface area (Å²) in [5, 5.41) is 9.30. The molecule has 0 fully saturated rings. The van der Waals surface area contributed by atoms with E-state index in [2.05, 4.69) is 4.98 Å². The first-order valence-corrected chi connectivity index (χ1v) is 5.34. The van der Waals surface area contributed by atoms with Crippen molar-refractivity contribution in [3.8, 4) is 0 Å². The van der Waals surface area contributed by atoms with Crippen molar-refractivity contribution in [3.05, 3.63) is 15.5 Å². The predicted molar refractivity (Wildman–Crippen MR) is 55.9 cm³/mol. The molecule has 0 bridgehead atoms. The lowest BCUT2D eigenvalue weighted by Crippen LogP contribution is -2.32. The van der Waals surface area contributed by atoms with E-state index in [1.807, 2.05) is 0 Å². The molecule has 1 amide bonds. The van der Waals surface area contributed by atoms with Crippen molar-refractivity contribution in [2.45, 2.75) is 13.0 Å². The highest BCUT2D eigenvalue weighted by Crippen LogP contribution is 2.27. The van der Waals surface area contributed by atoms with Crippen LogP contribution in [0.5, 0.6) is 0 Å². The van der Waals surface area contributed by atoms with Gasteiger partial charge in [-0.1, -0.05) is 11.6 Å². The van der Waals surface area contributed by atoms with Gasteiger partial charge in [-0.15, -0.1) is 11.3 Å². The van der Waals surface area contributed by atoms with Crippen LogP contribution in [-0.4, -0.2) is 33.9 Å². The van der Waals surface area contributed by atoms with E-state index in [9.17, 15) is 9.59 Å². The first-order chi connectivity index (χ1) is 7.10. The maximum absolute atomic E-state index is 11.0. The highest BCUT2D eigenvalue weighted by atomic mass is 35.5. The number of halogens is 1. The Morgan fingerprint density at radius 1 is 1.87 bits per heavy atom. The molecule has 1 aromatic heterocycles. The maximum Gasteiger partial charge on any atom is 0.333 e. The van der Waals surface area contributed by atoms with E-state index >= 15 is 0 Å². The van der Waals surface area contributed by atoms with Gasteiger partial charge in [-0.25, -0.2) is 9.78 Å². The minimum atomic E-state index is -1.12. The van der Waals surface area contributed by atoms with Crippen molar-refractivity contribution >= 4 is 35.3 Å². The molecule has 0 aliphatic heterocycles. The lowest BCUT2D eigenvalue weighted by atomic mass is 10.3. The summed E-state index contributed by atoms with van der Waals surface area (Å²) in [7, 11) is 0. The van der Waals surface area contributed by atoms with Crippen LogP contribution in [0.4, 0.5) is 0 Å². The van der Waals surface area contributed by atoms with E-state index in [-0.39, 0.29) is 0 Å². The van der Waals surface area contributed by atoms with Gasteiger partial charge >= 0.3 is 5.97 Å². The molecule has 15 heavy (non-hydrogen) atoms. The summed E-state index contributed by atoms with van der Waals surface area (Å²) in [6.07, 6.45) is 1.87. The number of rotatable bonds is 5. The van der Waals surface area contributed by atoms with Crippen LogP contribution in [0.1, 0.15) is 18.0 Å². The zero-order valence-electron chi connectivity index (χ0n) is 7.88. The predicted octanol–water partition coefficient (Wildman–Crippen LogP) is 1.40. The van der Waals surface area contributed by atoms with Crippen molar-refractivity contribution in [2.24, 2.45) is 0 Å². The molecule has 5 nitrogen and oxygen atoms in total. The Morgan fingerprint density at radius 3 is 2.87 bits per heavy atom. The second kappa shape index (κ2) is 5.09. The average Bonchev–Trinajstić information content (AvgIpc) is 2.59. The Labute approximate surface area is 95.3 Å². The zero-order chi connectivity index (χ0) is 11.4. The van der Waals surface area contributed by atoms with Gasteiger partial charge in [-0.05, 0) is 6.92 Å². The van der Waals surface area contributed by atoms with Gasteiger partial charge in [0, 0.05) is 6.54 Å². The molecular formula is C8H9ClN2O3S. The number of aromatic nitrogens is 1. The highest BCUT2D eigenvalue weighted by molar-refractivity contribution is 7.16. The normalized spacial score (nSPS) is 12.1. The smallest absolute Gasteiger partial charge is 0.333 e. The number of nitrogens with zero attached hydrogens (tertiary/aromatic N) is 2. The van der Waals surface area contributed by atoms with Gasteiger partial charge in [0.15, 0.2) is 6.04 Å². The van der Waals surface area contributed by atoms with Crippen LogP contribution in [0.2, 0.25) is 4.34 Å². The quantitative estimate of drug-likeness (QED) is 0.800. The lowest BCUT2D eigenvalue weighted by Gasteiger charge is -2.21. The highest BCUT2D eigenvalue weighted by Gasteiger charge is 2.28. The first kappa shape index (κ1) is 11.9. The summed E-state index contributed by atoms with van der Waals surface area (Å²) in [5.74, 6) is -1.12. The van der Waals surface area contributed by atoms with E-state index < -0.39 is 12.0 Å². The molecule has 0 radical (unpaired) electrons. The SMILES string of the molecule is CCN(C=O)C(C(=O)O)c1ncc(Cl)s1. The number of carboxylic acids is 1. The Hall–Kier alpha value is -1.14. The molecule has 82 valence electrons. The summed E-state index contributed by atoms with van der Waals surface area (Å²) in [4.78, 5) is 26.7. The number of aliphatic carboxylic acids is 1. The molecule has 0 saturated heterocycles. The molecule has 0 aromatic carbocycles. The molecular weight excluding hydrogens is 240 g/mol. The largest absolute Gasteiger partial charge is 0.479 e. The summed E-state index contributed by atoms with van der Waals surface area (Å²) in [5.41, 5.74) is 0. The molecule has 0 spiro atoms. The molecule has 0 aliphatic carbocycles. The van der Waals surface area contributed by atoms with Gasteiger partial charge in [0.05, 0.1) is 6.20 Å². The minimum Gasteiger partial charge on any atom is -0.479 e. The molecule has 1 N–H and O–H groups in total.